The normalized spacial score (nSPS) is 18.5. The SMILES string of the molecule is C=C(Nc1ccc(C)c2ccc(OC)nc12)C1CCC(NCc2cc(C)c(C)cn2)CC1. The summed E-state index contributed by atoms with van der Waals surface area (Å²) in [5.74, 6) is 1.09. The van der Waals surface area contributed by atoms with Crippen LogP contribution < -0.4 is 15.4 Å². The number of aromatic nitrogens is 2. The van der Waals surface area contributed by atoms with Crippen molar-refractivity contribution < 1.29 is 4.74 Å². The number of ether oxygens (including phenoxy) is 1. The molecule has 1 fully saturated rings. The fourth-order valence-corrected chi connectivity index (χ4v) is 4.51. The lowest BCUT2D eigenvalue weighted by Crippen LogP contribution is -2.33. The van der Waals surface area contributed by atoms with Gasteiger partial charge in [-0.2, -0.15) is 0 Å². The first-order valence-corrected chi connectivity index (χ1v) is 11.5. The van der Waals surface area contributed by atoms with Crippen LogP contribution in [0, 0.1) is 26.7 Å². The van der Waals surface area contributed by atoms with Gasteiger partial charge in [0.05, 0.1) is 24.0 Å². The van der Waals surface area contributed by atoms with Gasteiger partial charge in [0, 0.05) is 35.9 Å². The Morgan fingerprint density at radius 3 is 2.53 bits per heavy atom. The topological polar surface area (TPSA) is 59.1 Å². The molecule has 2 N–H and O–H groups in total. The van der Waals surface area contributed by atoms with Crippen LogP contribution in [0.2, 0.25) is 0 Å². The maximum Gasteiger partial charge on any atom is 0.213 e. The molecule has 0 atom stereocenters. The molecule has 1 aliphatic carbocycles. The Kier molecular flexibility index (Phi) is 6.75. The Hall–Kier alpha value is -2.92. The van der Waals surface area contributed by atoms with Crippen molar-refractivity contribution >= 4 is 16.6 Å². The van der Waals surface area contributed by atoms with Gasteiger partial charge in [0.25, 0.3) is 0 Å². The number of aryl methyl sites for hydroxylation is 3. The highest BCUT2D eigenvalue weighted by atomic mass is 16.5. The molecule has 0 unspecified atom stereocenters. The monoisotopic (exact) mass is 430 g/mol. The van der Waals surface area contributed by atoms with Gasteiger partial charge in [0.15, 0.2) is 0 Å². The van der Waals surface area contributed by atoms with Gasteiger partial charge in [0.1, 0.15) is 0 Å². The summed E-state index contributed by atoms with van der Waals surface area (Å²) in [6, 6.07) is 10.9. The van der Waals surface area contributed by atoms with E-state index in [-0.39, 0.29) is 0 Å². The fraction of sp³-hybridized carbons (Fsp3) is 0.407. The molecular formula is C27H34N4O. The van der Waals surface area contributed by atoms with Crippen molar-refractivity contribution in [3.63, 3.8) is 0 Å². The number of nitrogens with one attached hydrogen (secondary N) is 2. The van der Waals surface area contributed by atoms with Crippen LogP contribution in [0.5, 0.6) is 5.88 Å². The van der Waals surface area contributed by atoms with Gasteiger partial charge < -0.3 is 15.4 Å². The Labute approximate surface area is 191 Å². The summed E-state index contributed by atoms with van der Waals surface area (Å²) < 4.78 is 5.34. The number of methoxy groups -OCH3 is 1. The third kappa shape index (κ3) is 4.94. The predicted octanol–water partition coefficient (Wildman–Crippen LogP) is 5.84. The minimum Gasteiger partial charge on any atom is -0.481 e. The highest BCUT2D eigenvalue weighted by molar-refractivity contribution is 5.93. The second kappa shape index (κ2) is 9.70. The highest BCUT2D eigenvalue weighted by Crippen LogP contribution is 2.33. The number of rotatable bonds is 7. The quantitative estimate of drug-likeness (QED) is 0.493. The highest BCUT2D eigenvalue weighted by Gasteiger charge is 2.23. The second-order valence-corrected chi connectivity index (χ2v) is 9.02. The van der Waals surface area contributed by atoms with Crippen molar-refractivity contribution in [2.45, 2.75) is 59.0 Å². The van der Waals surface area contributed by atoms with Gasteiger partial charge in [0.2, 0.25) is 5.88 Å². The Balaban J connectivity index is 1.35. The van der Waals surface area contributed by atoms with Crippen molar-refractivity contribution in [3.8, 4) is 5.88 Å². The molecule has 1 aliphatic rings. The predicted molar refractivity (Wildman–Crippen MR) is 132 cm³/mol. The molecule has 5 nitrogen and oxygen atoms in total. The minimum atomic E-state index is 0.467. The van der Waals surface area contributed by atoms with Gasteiger partial charge in [-0.1, -0.05) is 12.6 Å². The molecule has 1 saturated carbocycles. The maximum atomic E-state index is 5.34. The number of hydrogen-bond donors (Lipinski definition) is 2. The van der Waals surface area contributed by atoms with Gasteiger partial charge in [-0.25, -0.2) is 4.98 Å². The maximum absolute atomic E-state index is 5.34. The van der Waals surface area contributed by atoms with Gasteiger partial charge >= 0.3 is 0 Å². The molecule has 1 aromatic carbocycles. The van der Waals surface area contributed by atoms with Crippen LogP contribution in [0.15, 0.2) is 48.8 Å². The van der Waals surface area contributed by atoms with Crippen molar-refractivity contribution in [1.82, 2.24) is 15.3 Å². The van der Waals surface area contributed by atoms with E-state index in [1.54, 1.807) is 7.11 Å². The van der Waals surface area contributed by atoms with E-state index in [1.165, 1.54) is 16.7 Å². The van der Waals surface area contributed by atoms with E-state index in [2.05, 4.69) is 72.2 Å². The minimum absolute atomic E-state index is 0.467. The molecule has 5 heteroatoms. The van der Waals surface area contributed by atoms with Crippen molar-refractivity contribution in [2.75, 3.05) is 12.4 Å². The zero-order valence-corrected chi connectivity index (χ0v) is 19.7. The second-order valence-electron chi connectivity index (χ2n) is 9.02. The zero-order valence-electron chi connectivity index (χ0n) is 19.7. The average Bonchev–Trinajstić information content (AvgIpc) is 2.81. The molecule has 0 aliphatic heterocycles. The summed E-state index contributed by atoms with van der Waals surface area (Å²) in [5, 5.41) is 8.41. The van der Waals surface area contributed by atoms with E-state index >= 15 is 0 Å². The molecule has 0 radical (unpaired) electrons. The van der Waals surface area contributed by atoms with E-state index in [1.807, 2.05) is 12.3 Å². The summed E-state index contributed by atoms with van der Waals surface area (Å²) in [7, 11) is 1.65. The molecule has 32 heavy (non-hydrogen) atoms. The van der Waals surface area contributed by atoms with E-state index in [0.29, 0.717) is 17.8 Å². The number of nitrogens with zero attached hydrogens (tertiary/aromatic N) is 2. The first kappa shape index (κ1) is 22.3. The Morgan fingerprint density at radius 1 is 1.03 bits per heavy atom. The molecule has 0 bridgehead atoms. The largest absolute Gasteiger partial charge is 0.481 e. The summed E-state index contributed by atoms with van der Waals surface area (Å²) in [6.07, 6.45) is 6.53. The van der Waals surface area contributed by atoms with Crippen LogP contribution in [0.1, 0.15) is 48.1 Å². The standard InChI is InChI=1S/C27H34N4O/c1-17-6-12-25(27-24(17)11-13-26(31-27)32-5)30-20(4)21-7-9-22(10-8-21)29-16-23-14-18(2)19(3)15-28-23/h6,11-15,21-22,29-30H,4,7-10,16H2,1-3,5H3. The molecular weight excluding hydrogens is 396 g/mol. The van der Waals surface area contributed by atoms with Crippen molar-refractivity contribution in [3.05, 3.63) is 71.2 Å². The summed E-state index contributed by atoms with van der Waals surface area (Å²) >= 11 is 0. The lowest BCUT2D eigenvalue weighted by Gasteiger charge is -2.31. The number of allylic oxidation sites excluding steroid dienone is 1. The van der Waals surface area contributed by atoms with Gasteiger partial charge in [-0.15, -0.1) is 0 Å². The van der Waals surface area contributed by atoms with E-state index in [0.717, 1.165) is 60.2 Å². The lowest BCUT2D eigenvalue weighted by atomic mass is 9.84. The summed E-state index contributed by atoms with van der Waals surface area (Å²) in [6.45, 7) is 11.6. The number of hydrogen-bond acceptors (Lipinski definition) is 5. The van der Waals surface area contributed by atoms with Gasteiger partial charge in [-0.3, -0.25) is 4.98 Å². The third-order valence-corrected chi connectivity index (χ3v) is 6.78. The van der Waals surface area contributed by atoms with Crippen LogP contribution in [0.4, 0.5) is 5.69 Å². The zero-order chi connectivity index (χ0) is 22.7. The van der Waals surface area contributed by atoms with Crippen LogP contribution in [0.25, 0.3) is 10.9 Å². The molecule has 2 aromatic heterocycles. The number of benzene rings is 1. The van der Waals surface area contributed by atoms with Crippen molar-refractivity contribution in [1.29, 1.82) is 0 Å². The van der Waals surface area contributed by atoms with Crippen LogP contribution in [-0.4, -0.2) is 23.1 Å². The average molecular weight is 431 g/mol. The molecule has 2 heterocycles. The fourth-order valence-electron chi connectivity index (χ4n) is 4.51. The summed E-state index contributed by atoms with van der Waals surface area (Å²) in [4.78, 5) is 9.24. The van der Waals surface area contributed by atoms with Crippen molar-refractivity contribution in [2.24, 2.45) is 5.92 Å². The molecule has 4 rings (SSSR count). The molecule has 168 valence electrons. The van der Waals surface area contributed by atoms with E-state index in [9.17, 15) is 0 Å². The van der Waals surface area contributed by atoms with E-state index in [4.69, 9.17) is 4.74 Å². The molecule has 3 aromatic rings. The number of fused-ring (bicyclic) bond motifs is 1. The Bertz CT molecular complexity index is 1120. The van der Waals surface area contributed by atoms with Crippen LogP contribution in [0.3, 0.4) is 0 Å². The summed E-state index contributed by atoms with van der Waals surface area (Å²) in [5.41, 5.74) is 7.88. The number of anilines is 1. The third-order valence-electron chi connectivity index (χ3n) is 6.78. The smallest absolute Gasteiger partial charge is 0.213 e. The lowest BCUT2D eigenvalue weighted by molar-refractivity contribution is 0.318. The van der Waals surface area contributed by atoms with Gasteiger partial charge in [-0.05, 0) is 87.3 Å². The molecule has 0 amide bonds. The Morgan fingerprint density at radius 2 is 1.81 bits per heavy atom. The molecule has 0 saturated heterocycles. The molecule has 0 spiro atoms. The first-order valence-electron chi connectivity index (χ1n) is 11.5. The van der Waals surface area contributed by atoms with E-state index < -0.39 is 0 Å². The number of pyridine rings is 2. The first-order chi connectivity index (χ1) is 15.4. The van der Waals surface area contributed by atoms with Crippen LogP contribution in [-0.2, 0) is 6.54 Å². The van der Waals surface area contributed by atoms with Crippen LogP contribution >= 0.6 is 0 Å².